The number of hydrogen-bond acceptors (Lipinski definition) is 3. The average molecular weight is 401 g/mol. The van der Waals surface area contributed by atoms with Crippen LogP contribution in [-0.2, 0) is 15.8 Å². The molecule has 144 valence electrons. The Hall–Kier alpha value is -2.74. The predicted molar refractivity (Wildman–Crippen MR) is 94.7 cm³/mol. The fraction of sp³-hybridized carbons (Fsp3) is 0.222. The number of para-hydroxylation sites is 2. The summed E-state index contributed by atoms with van der Waals surface area (Å²) in [4.78, 5) is 25.1. The molecule has 0 heterocycles. The number of benzene rings is 2. The third-order valence-corrected chi connectivity index (χ3v) is 3.81. The molecule has 27 heavy (non-hydrogen) atoms. The Kier molecular flexibility index (Phi) is 6.68. The van der Waals surface area contributed by atoms with E-state index in [9.17, 15) is 22.8 Å². The van der Waals surface area contributed by atoms with Gasteiger partial charge in [-0.15, -0.1) is 0 Å². The second-order valence-corrected chi connectivity index (χ2v) is 5.97. The monoisotopic (exact) mass is 400 g/mol. The highest BCUT2D eigenvalue weighted by molar-refractivity contribution is 6.32. The topological polar surface area (TPSA) is 58.6 Å². The molecule has 0 radical (unpaired) electrons. The molecule has 0 saturated heterocycles. The van der Waals surface area contributed by atoms with Crippen molar-refractivity contribution in [3.05, 3.63) is 59.1 Å². The fourth-order valence-electron chi connectivity index (χ4n) is 2.14. The van der Waals surface area contributed by atoms with Gasteiger partial charge < -0.3 is 15.0 Å². The second kappa shape index (κ2) is 8.77. The molecule has 0 fully saturated rings. The zero-order valence-electron chi connectivity index (χ0n) is 14.2. The SMILES string of the molecule is CN(CC(=O)Nc1ccccc1C(F)(F)F)C(=O)COc1ccccc1Cl. The zero-order chi connectivity index (χ0) is 20.0. The minimum absolute atomic E-state index is 0.310. The molecule has 0 aliphatic carbocycles. The van der Waals surface area contributed by atoms with E-state index >= 15 is 0 Å². The molecule has 2 amide bonds. The highest BCUT2D eigenvalue weighted by Gasteiger charge is 2.33. The summed E-state index contributed by atoms with van der Waals surface area (Å²) in [7, 11) is 1.34. The van der Waals surface area contributed by atoms with Gasteiger partial charge in [0.15, 0.2) is 6.61 Å². The van der Waals surface area contributed by atoms with Gasteiger partial charge in [-0.25, -0.2) is 0 Å². The maximum Gasteiger partial charge on any atom is 0.418 e. The standard InChI is InChI=1S/C18H16ClF3N2O3/c1-24(17(26)11-27-15-9-5-3-7-13(15)19)10-16(25)23-14-8-4-2-6-12(14)18(20,21)22/h2-9H,10-11H2,1H3,(H,23,25). The minimum Gasteiger partial charge on any atom is -0.482 e. The van der Waals surface area contributed by atoms with Crippen LogP contribution in [0.4, 0.5) is 18.9 Å². The summed E-state index contributed by atoms with van der Waals surface area (Å²) >= 11 is 5.91. The molecule has 0 bridgehead atoms. The highest BCUT2D eigenvalue weighted by Crippen LogP contribution is 2.34. The molecule has 5 nitrogen and oxygen atoms in total. The Morgan fingerprint density at radius 1 is 1.11 bits per heavy atom. The summed E-state index contributed by atoms with van der Waals surface area (Å²) in [6.07, 6.45) is -4.60. The van der Waals surface area contributed by atoms with Crippen LogP contribution >= 0.6 is 11.6 Å². The minimum atomic E-state index is -4.60. The second-order valence-electron chi connectivity index (χ2n) is 5.56. The number of halogens is 4. The lowest BCUT2D eigenvalue weighted by atomic mass is 10.1. The first kappa shape index (κ1) is 20.6. The van der Waals surface area contributed by atoms with Crippen molar-refractivity contribution in [1.82, 2.24) is 4.90 Å². The number of anilines is 1. The lowest BCUT2D eigenvalue weighted by molar-refractivity contribution is -0.137. The maximum absolute atomic E-state index is 12.9. The van der Waals surface area contributed by atoms with Gasteiger partial charge in [0.1, 0.15) is 5.75 Å². The first-order valence-corrected chi connectivity index (χ1v) is 8.13. The van der Waals surface area contributed by atoms with Crippen molar-refractivity contribution in [3.63, 3.8) is 0 Å². The average Bonchev–Trinajstić information content (AvgIpc) is 2.60. The van der Waals surface area contributed by atoms with Gasteiger partial charge in [-0.05, 0) is 24.3 Å². The van der Waals surface area contributed by atoms with Crippen molar-refractivity contribution in [2.45, 2.75) is 6.18 Å². The summed E-state index contributed by atoms with van der Waals surface area (Å²) in [6.45, 7) is -0.802. The van der Waals surface area contributed by atoms with Crippen molar-refractivity contribution in [1.29, 1.82) is 0 Å². The quantitative estimate of drug-likeness (QED) is 0.801. The number of carbonyl (C=O) groups excluding carboxylic acids is 2. The molecular formula is C18H16ClF3N2O3. The van der Waals surface area contributed by atoms with Crippen LogP contribution in [0, 0.1) is 0 Å². The number of carbonyl (C=O) groups is 2. The molecule has 2 aromatic carbocycles. The summed E-state index contributed by atoms with van der Waals surface area (Å²) in [5, 5.41) is 2.50. The number of ether oxygens (including phenoxy) is 1. The number of likely N-dealkylation sites (N-methyl/N-ethyl adjacent to an activating group) is 1. The lowest BCUT2D eigenvalue weighted by Crippen LogP contribution is -2.37. The molecule has 0 saturated carbocycles. The Bertz CT molecular complexity index is 827. The number of nitrogens with one attached hydrogen (secondary N) is 1. The van der Waals surface area contributed by atoms with Crippen LogP contribution in [0.1, 0.15) is 5.56 Å². The van der Waals surface area contributed by atoms with Gasteiger partial charge in [-0.2, -0.15) is 13.2 Å². The molecule has 2 aromatic rings. The third kappa shape index (κ3) is 5.89. The van der Waals surface area contributed by atoms with Gasteiger partial charge in [0.05, 0.1) is 22.8 Å². The van der Waals surface area contributed by atoms with Crippen LogP contribution in [0.25, 0.3) is 0 Å². The van der Waals surface area contributed by atoms with Crippen LogP contribution in [0.3, 0.4) is 0 Å². The summed E-state index contributed by atoms with van der Waals surface area (Å²) < 4.78 is 44.1. The van der Waals surface area contributed by atoms with E-state index < -0.39 is 30.1 Å². The molecule has 0 aliphatic heterocycles. The van der Waals surface area contributed by atoms with E-state index in [1.165, 1.54) is 19.2 Å². The Morgan fingerprint density at radius 2 is 1.74 bits per heavy atom. The lowest BCUT2D eigenvalue weighted by Gasteiger charge is -2.18. The third-order valence-electron chi connectivity index (χ3n) is 3.50. The Labute approximate surface area is 158 Å². The maximum atomic E-state index is 12.9. The van der Waals surface area contributed by atoms with E-state index in [0.29, 0.717) is 10.8 Å². The van der Waals surface area contributed by atoms with Gasteiger partial charge in [-0.3, -0.25) is 9.59 Å². The fourth-order valence-corrected chi connectivity index (χ4v) is 2.33. The first-order chi connectivity index (χ1) is 12.7. The van der Waals surface area contributed by atoms with Crippen molar-refractivity contribution in [2.75, 3.05) is 25.5 Å². The smallest absolute Gasteiger partial charge is 0.418 e. The van der Waals surface area contributed by atoms with Gasteiger partial charge in [0, 0.05) is 7.05 Å². The normalized spacial score (nSPS) is 11.0. The molecule has 0 spiro atoms. The van der Waals surface area contributed by atoms with E-state index in [-0.39, 0.29) is 12.3 Å². The summed E-state index contributed by atoms with van der Waals surface area (Å²) in [6, 6.07) is 11.2. The van der Waals surface area contributed by atoms with Gasteiger partial charge in [0.2, 0.25) is 5.91 Å². The van der Waals surface area contributed by atoms with Gasteiger partial charge in [-0.1, -0.05) is 35.9 Å². The van der Waals surface area contributed by atoms with E-state index in [1.54, 1.807) is 24.3 Å². The van der Waals surface area contributed by atoms with Crippen molar-refractivity contribution >= 4 is 29.1 Å². The highest BCUT2D eigenvalue weighted by atomic mass is 35.5. The predicted octanol–water partition coefficient (Wildman–Crippen LogP) is 3.83. The number of nitrogens with zero attached hydrogens (tertiary/aromatic N) is 1. The number of alkyl halides is 3. The van der Waals surface area contributed by atoms with Gasteiger partial charge in [0.25, 0.3) is 5.91 Å². The van der Waals surface area contributed by atoms with Crippen LogP contribution in [0.5, 0.6) is 5.75 Å². The van der Waals surface area contributed by atoms with E-state index in [2.05, 4.69) is 5.32 Å². The van der Waals surface area contributed by atoms with E-state index in [4.69, 9.17) is 16.3 Å². The molecule has 2 rings (SSSR count). The number of amides is 2. The molecular weight excluding hydrogens is 385 g/mol. The molecule has 1 N–H and O–H groups in total. The Balaban J connectivity index is 1.92. The summed E-state index contributed by atoms with van der Waals surface area (Å²) in [5.74, 6) is -0.987. The van der Waals surface area contributed by atoms with Crippen molar-refractivity contribution < 1.29 is 27.5 Å². The number of hydrogen-bond donors (Lipinski definition) is 1. The van der Waals surface area contributed by atoms with Crippen LogP contribution in [0.15, 0.2) is 48.5 Å². The molecule has 0 unspecified atom stereocenters. The Morgan fingerprint density at radius 3 is 2.41 bits per heavy atom. The molecule has 0 aromatic heterocycles. The summed E-state index contributed by atoms with van der Waals surface area (Å²) in [5.41, 5.74) is -1.34. The van der Waals surface area contributed by atoms with Gasteiger partial charge >= 0.3 is 6.18 Å². The van der Waals surface area contributed by atoms with Crippen LogP contribution in [-0.4, -0.2) is 36.9 Å². The number of rotatable bonds is 6. The van der Waals surface area contributed by atoms with Crippen molar-refractivity contribution in [2.24, 2.45) is 0 Å². The van der Waals surface area contributed by atoms with Crippen LogP contribution < -0.4 is 10.1 Å². The van der Waals surface area contributed by atoms with Crippen molar-refractivity contribution in [3.8, 4) is 5.75 Å². The van der Waals surface area contributed by atoms with E-state index in [0.717, 1.165) is 17.0 Å². The zero-order valence-corrected chi connectivity index (χ0v) is 15.0. The molecule has 0 atom stereocenters. The molecule has 9 heteroatoms. The van der Waals surface area contributed by atoms with E-state index in [1.807, 2.05) is 0 Å². The first-order valence-electron chi connectivity index (χ1n) is 7.76. The molecule has 0 aliphatic rings. The largest absolute Gasteiger partial charge is 0.482 e. The van der Waals surface area contributed by atoms with Crippen LogP contribution in [0.2, 0.25) is 5.02 Å².